The zero-order chi connectivity index (χ0) is 20.9. The fourth-order valence-electron chi connectivity index (χ4n) is 4.19. The van der Waals surface area contributed by atoms with Gasteiger partial charge in [-0.2, -0.15) is 0 Å². The van der Waals surface area contributed by atoms with Crippen LogP contribution in [0.3, 0.4) is 0 Å². The summed E-state index contributed by atoms with van der Waals surface area (Å²) in [6.07, 6.45) is 5.77. The molecule has 1 aliphatic carbocycles. The van der Waals surface area contributed by atoms with Gasteiger partial charge in [0.25, 0.3) is 0 Å². The van der Waals surface area contributed by atoms with Crippen molar-refractivity contribution in [1.82, 2.24) is 0 Å². The molecule has 1 saturated heterocycles. The smallest absolute Gasteiger partial charge is 0.152 e. The summed E-state index contributed by atoms with van der Waals surface area (Å²) >= 11 is 0. The molecule has 162 valence electrons. The second-order valence-corrected chi connectivity index (χ2v) is 11.4. The summed E-state index contributed by atoms with van der Waals surface area (Å²) in [7, 11) is -3.00. The van der Waals surface area contributed by atoms with Crippen molar-refractivity contribution in [2.45, 2.75) is 70.1 Å². The molecular weight excluding hydrogens is 388 g/mol. The first-order valence-electron chi connectivity index (χ1n) is 10.9. The van der Waals surface area contributed by atoms with Gasteiger partial charge in [-0.05, 0) is 63.1 Å². The Morgan fingerprint density at radius 2 is 1.66 bits per heavy atom. The monoisotopic (exact) mass is 422 g/mol. The van der Waals surface area contributed by atoms with Crippen LogP contribution in [-0.4, -0.2) is 44.5 Å². The molecular formula is C23H34O5S. The predicted octanol–water partition coefficient (Wildman–Crippen LogP) is 3.99. The van der Waals surface area contributed by atoms with Gasteiger partial charge in [-0.15, -0.1) is 0 Å². The van der Waals surface area contributed by atoms with Gasteiger partial charge in [-0.25, -0.2) is 8.42 Å². The van der Waals surface area contributed by atoms with Gasteiger partial charge in [0.15, 0.2) is 9.84 Å². The largest absolute Gasteiger partial charge is 0.490 e. The number of rotatable bonds is 8. The molecule has 1 aliphatic heterocycles. The van der Waals surface area contributed by atoms with E-state index >= 15 is 0 Å². The minimum Gasteiger partial charge on any atom is -0.490 e. The number of hydrogen-bond donors (Lipinski definition) is 0. The van der Waals surface area contributed by atoms with Gasteiger partial charge < -0.3 is 9.47 Å². The number of sulfone groups is 1. The number of carbonyl (C=O) groups excluding carboxylic acids is 1. The molecule has 0 atom stereocenters. The Kier molecular flexibility index (Phi) is 7.74. The third kappa shape index (κ3) is 6.54. The number of Topliss-reactive ketones (excluding diaryl/α,β-unsaturated/α-hetero) is 1. The van der Waals surface area contributed by atoms with Crippen molar-refractivity contribution < 1.29 is 22.7 Å². The highest BCUT2D eigenvalue weighted by Gasteiger charge is 2.30. The predicted molar refractivity (Wildman–Crippen MR) is 114 cm³/mol. The van der Waals surface area contributed by atoms with Crippen LogP contribution in [0.4, 0.5) is 0 Å². The summed E-state index contributed by atoms with van der Waals surface area (Å²) in [5.41, 5.74) is 1.01. The quantitative estimate of drug-likeness (QED) is 0.634. The van der Waals surface area contributed by atoms with Crippen LogP contribution in [0.1, 0.15) is 57.9 Å². The van der Waals surface area contributed by atoms with Gasteiger partial charge in [0.2, 0.25) is 0 Å². The van der Waals surface area contributed by atoms with Crippen LogP contribution in [0.15, 0.2) is 24.3 Å². The molecule has 1 aromatic carbocycles. The second-order valence-electron chi connectivity index (χ2n) is 8.81. The number of benzene rings is 1. The molecule has 0 aromatic heterocycles. The van der Waals surface area contributed by atoms with Crippen LogP contribution in [-0.2, 0) is 25.8 Å². The maximum atomic E-state index is 12.7. The minimum atomic E-state index is -3.00. The van der Waals surface area contributed by atoms with Crippen LogP contribution in [0.25, 0.3) is 0 Å². The molecule has 1 heterocycles. The lowest BCUT2D eigenvalue weighted by Gasteiger charge is -2.28. The van der Waals surface area contributed by atoms with Gasteiger partial charge in [-0.1, -0.05) is 12.1 Å². The van der Waals surface area contributed by atoms with Crippen molar-refractivity contribution in [3.8, 4) is 5.75 Å². The number of carbonyl (C=O) groups is 1. The Morgan fingerprint density at radius 3 is 2.24 bits per heavy atom. The van der Waals surface area contributed by atoms with E-state index in [1.54, 1.807) is 13.8 Å². The van der Waals surface area contributed by atoms with E-state index in [-0.39, 0.29) is 34.7 Å². The van der Waals surface area contributed by atoms with E-state index in [0.717, 1.165) is 63.1 Å². The van der Waals surface area contributed by atoms with Gasteiger partial charge in [0.05, 0.1) is 24.2 Å². The first-order chi connectivity index (χ1) is 13.8. The molecule has 29 heavy (non-hydrogen) atoms. The summed E-state index contributed by atoms with van der Waals surface area (Å²) in [5.74, 6) is 1.65. The van der Waals surface area contributed by atoms with Gasteiger partial charge in [0.1, 0.15) is 17.6 Å². The van der Waals surface area contributed by atoms with Crippen LogP contribution >= 0.6 is 0 Å². The van der Waals surface area contributed by atoms with E-state index in [1.165, 1.54) is 0 Å². The minimum absolute atomic E-state index is 0.0613. The Balaban J connectivity index is 1.44. The van der Waals surface area contributed by atoms with Crippen LogP contribution in [0, 0.1) is 11.8 Å². The number of ketones is 1. The lowest BCUT2D eigenvalue weighted by atomic mass is 9.79. The van der Waals surface area contributed by atoms with E-state index in [1.807, 2.05) is 24.3 Å². The molecule has 0 unspecified atom stereocenters. The molecule has 2 aliphatic rings. The van der Waals surface area contributed by atoms with Gasteiger partial charge >= 0.3 is 0 Å². The summed E-state index contributed by atoms with van der Waals surface area (Å²) in [5, 5.41) is -0.319. The van der Waals surface area contributed by atoms with Crippen LogP contribution < -0.4 is 4.74 Å². The van der Waals surface area contributed by atoms with E-state index < -0.39 is 9.84 Å². The summed E-state index contributed by atoms with van der Waals surface area (Å²) in [4.78, 5) is 12.7. The van der Waals surface area contributed by atoms with Crippen molar-refractivity contribution in [3.63, 3.8) is 0 Å². The molecule has 0 spiro atoms. The second kappa shape index (κ2) is 10.1. The maximum Gasteiger partial charge on any atom is 0.152 e. The molecule has 1 aromatic rings. The topological polar surface area (TPSA) is 69.7 Å². The average molecular weight is 423 g/mol. The number of hydrogen-bond acceptors (Lipinski definition) is 5. The molecule has 0 radical (unpaired) electrons. The first kappa shape index (κ1) is 22.3. The highest BCUT2D eigenvalue weighted by atomic mass is 32.2. The SMILES string of the molecule is CC(C)S(=O)(=O)CC1CCC(C(=O)Cc2ccc(OC3CCOCC3)cc2)CC1. The molecule has 5 nitrogen and oxygen atoms in total. The highest BCUT2D eigenvalue weighted by Crippen LogP contribution is 2.31. The van der Waals surface area contributed by atoms with Crippen molar-refractivity contribution in [1.29, 1.82) is 0 Å². The van der Waals surface area contributed by atoms with E-state index in [4.69, 9.17) is 9.47 Å². The maximum absolute atomic E-state index is 12.7. The lowest BCUT2D eigenvalue weighted by Crippen LogP contribution is -2.29. The van der Waals surface area contributed by atoms with E-state index in [9.17, 15) is 13.2 Å². The molecule has 0 N–H and O–H groups in total. The Hall–Kier alpha value is -1.40. The zero-order valence-electron chi connectivity index (χ0n) is 17.6. The summed E-state index contributed by atoms with van der Waals surface area (Å²) in [6, 6.07) is 7.86. The standard InChI is InChI=1S/C23H34O5S/c1-17(2)29(25,26)16-19-3-7-20(8-4-19)23(24)15-18-5-9-21(10-6-18)28-22-11-13-27-14-12-22/h5-6,9-10,17,19-20,22H,3-4,7-8,11-16H2,1-2H3. The Bertz CT molecular complexity index is 755. The molecule has 2 fully saturated rings. The fourth-order valence-corrected chi connectivity index (χ4v) is 5.57. The average Bonchev–Trinajstić information content (AvgIpc) is 2.70. The highest BCUT2D eigenvalue weighted by molar-refractivity contribution is 7.91. The van der Waals surface area contributed by atoms with Crippen molar-refractivity contribution in [2.75, 3.05) is 19.0 Å². The molecule has 3 rings (SSSR count). The number of ether oxygens (including phenoxy) is 2. The summed E-state index contributed by atoms with van der Waals surface area (Å²) < 4.78 is 35.6. The molecule has 0 bridgehead atoms. The third-order valence-corrected chi connectivity index (χ3v) is 8.63. The van der Waals surface area contributed by atoms with Crippen LogP contribution in [0.5, 0.6) is 5.75 Å². The van der Waals surface area contributed by atoms with Gasteiger partial charge in [0, 0.05) is 25.2 Å². The zero-order valence-corrected chi connectivity index (χ0v) is 18.5. The van der Waals surface area contributed by atoms with E-state index in [0.29, 0.717) is 6.42 Å². The third-order valence-electron chi connectivity index (χ3n) is 6.26. The van der Waals surface area contributed by atoms with Crippen molar-refractivity contribution in [2.24, 2.45) is 11.8 Å². The summed E-state index contributed by atoms with van der Waals surface area (Å²) in [6.45, 7) is 4.99. The lowest BCUT2D eigenvalue weighted by molar-refractivity contribution is -0.123. The van der Waals surface area contributed by atoms with Crippen LogP contribution in [0.2, 0.25) is 0 Å². The Labute approximate surface area is 175 Å². The van der Waals surface area contributed by atoms with E-state index in [2.05, 4.69) is 0 Å². The molecule has 6 heteroatoms. The normalized spacial score (nSPS) is 23.8. The first-order valence-corrected chi connectivity index (χ1v) is 12.6. The molecule has 1 saturated carbocycles. The van der Waals surface area contributed by atoms with Crippen molar-refractivity contribution in [3.05, 3.63) is 29.8 Å². The fraction of sp³-hybridized carbons (Fsp3) is 0.696. The Morgan fingerprint density at radius 1 is 1.03 bits per heavy atom. The van der Waals surface area contributed by atoms with Crippen molar-refractivity contribution >= 4 is 15.6 Å². The molecule has 0 amide bonds. The van der Waals surface area contributed by atoms with Gasteiger partial charge in [-0.3, -0.25) is 4.79 Å².